The fraction of sp³-hybridized carbons (Fsp3) is 0.438. The van der Waals surface area contributed by atoms with Gasteiger partial charge in [-0.05, 0) is 17.2 Å². The number of pyridine rings is 1. The standard InChI is InChI=1S/C16H22ClN3O3Si/c1-16(2,3)24(4,5)10-23-13-8-9-20(19-13)12-7-6-11(15(21)22)14(17)18-12/h6-9H,10H2,1-5H3,(H,21,22). The van der Waals surface area contributed by atoms with Crippen molar-refractivity contribution in [3.63, 3.8) is 0 Å². The molecule has 2 rings (SSSR count). The smallest absolute Gasteiger partial charge is 0.338 e. The van der Waals surface area contributed by atoms with Crippen molar-refractivity contribution in [2.45, 2.75) is 38.9 Å². The van der Waals surface area contributed by atoms with E-state index in [9.17, 15) is 4.79 Å². The highest BCUT2D eigenvalue weighted by Gasteiger charge is 2.36. The van der Waals surface area contributed by atoms with E-state index in [4.69, 9.17) is 21.4 Å². The number of nitrogens with zero attached hydrogens (tertiary/aromatic N) is 3. The number of ether oxygens (including phenoxy) is 1. The van der Waals surface area contributed by atoms with Gasteiger partial charge in [0.15, 0.2) is 5.82 Å². The van der Waals surface area contributed by atoms with Gasteiger partial charge in [-0.3, -0.25) is 0 Å². The Morgan fingerprint density at radius 2 is 2.00 bits per heavy atom. The zero-order valence-electron chi connectivity index (χ0n) is 14.5. The summed E-state index contributed by atoms with van der Waals surface area (Å²) in [5.74, 6) is -0.162. The lowest BCUT2D eigenvalue weighted by molar-refractivity contribution is 0.0696. The third-order valence-corrected chi connectivity index (χ3v) is 9.69. The van der Waals surface area contributed by atoms with Crippen molar-refractivity contribution in [3.8, 4) is 11.7 Å². The monoisotopic (exact) mass is 367 g/mol. The topological polar surface area (TPSA) is 77.2 Å². The van der Waals surface area contributed by atoms with Crippen LogP contribution in [-0.2, 0) is 0 Å². The maximum Gasteiger partial charge on any atom is 0.338 e. The molecule has 2 aromatic rings. The largest absolute Gasteiger partial charge is 0.480 e. The molecule has 0 aliphatic rings. The van der Waals surface area contributed by atoms with Crippen molar-refractivity contribution in [2.24, 2.45) is 0 Å². The van der Waals surface area contributed by atoms with E-state index in [-0.39, 0.29) is 15.8 Å². The Morgan fingerprint density at radius 1 is 1.33 bits per heavy atom. The van der Waals surface area contributed by atoms with Gasteiger partial charge in [0.1, 0.15) is 5.15 Å². The molecule has 24 heavy (non-hydrogen) atoms. The molecule has 0 saturated heterocycles. The number of halogens is 1. The van der Waals surface area contributed by atoms with Gasteiger partial charge < -0.3 is 9.84 Å². The molecule has 1 N–H and O–H groups in total. The molecule has 0 atom stereocenters. The number of aromatic carboxylic acids is 1. The van der Waals surface area contributed by atoms with E-state index in [0.717, 1.165) is 0 Å². The van der Waals surface area contributed by atoms with E-state index >= 15 is 0 Å². The molecule has 2 aromatic heterocycles. The van der Waals surface area contributed by atoms with Crippen LogP contribution in [0.4, 0.5) is 0 Å². The Morgan fingerprint density at radius 3 is 2.54 bits per heavy atom. The van der Waals surface area contributed by atoms with Crippen LogP contribution in [0.2, 0.25) is 23.3 Å². The van der Waals surface area contributed by atoms with E-state index in [1.54, 1.807) is 18.3 Å². The zero-order valence-corrected chi connectivity index (χ0v) is 16.3. The maximum atomic E-state index is 11.0. The molecule has 0 aromatic carbocycles. The van der Waals surface area contributed by atoms with Gasteiger partial charge in [-0.25, -0.2) is 14.5 Å². The van der Waals surface area contributed by atoms with Crippen molar-refractivity contribution in [2.75, 3.05) is 6.23 Å². The Kier molecular flexibility index (Phi) is 5.05. The first-order chi connectivity index (χ1) is 11.0. The van der Waals surface area contributed by atoms with Crippen molar-refractivity contribution in [1.82, 2.24) is 14.8 Å². The Balaban J connectivity index is 2.14. The first kappa shape index (κ1) is 18.5. The van der Waals surface area contributed by atoms with Crippen molar-refractivity contribution >= 4 is 25.6 Å². The summed E-state index contributed by atoms with van der Waals surface area (Å²) in [5, 5.41) is 13.5. The summed E-state index contributed by atoms with van der Waals surface area (Å²) >= 11 is 5.89. The van der Waals surface area contributed by atoms with Gasteiger partial charge in [0, 0.05) is 12.3 Å². The summed E-state index contributed by atoms with van der Waals surface area (Å²) in [6, 6.07) is 4.72. The van der Waals surface area contributed by atoms with Gasteiger partial charge >= 0.3 is 5.97 Å². The summed E-state index contributed by atoms with van der Waals surface area (Å²) in [7, 11) is -1.56. The summed E-state index contributed by atoms with van der Waals surface area (Å²) < 4.78 is 7.38. The van der Waals surface area contributed by atoms with E-state index in [2.05, 4.69) is 43.9 Å². The number of carboxylic acids is 1. The van der Waals surface area contributed by atoms with E-state index in [1.165, 1.54) is 10.7 Å². The average molecular weight is 368 g/mol. The molecule has 2 heterocycles. The van der Waals surface area contributed by atoms with Crippen LogP contribution in [-0.4, -0.2) is 40.1 Å². The number of hydrogen-bond acceptors (Lipinski definition) is 4. The lowest BCUT2D eigenvalue weighted by Crippen LogP contribution is -2.43. The fourth-order valence-corrected chi connectivity index (χ4v) is 2.87. The Hall–Kier alpha value is -1.86. The third-order valence-electron chi connectivity index (χ3n) is 4.48. The normalized spacial score (nSPS) is 12.2. The molecule has 0 aliphatic heterocycles. The van der Waals surface area contributed by atoms with Gasteiger partial charge in [-0.1, -0.05) is 45.5 Å². The highest BCUT2D eigenvalue weighted by molar-refractivity contribution is 6.80. The maximum absolute atomic E-state index is 11.0. The highest BCUT2D eigenvalue weighted by Crippen LogP contribution is 2.35. The van der Waals surface area contributed by atoms with Gasteiger partial charge in [0.05, 0.1) is 19.9 Å². The summed E-state index contributed by atoms with van der Waals surface area (Å²) in [6.45, 7) is 11.3. The Labute approximate surface area is 147 Å². The van der Waals surface area contributed by atoms with Crippen LogP contribution in [0, 0.1) is 0 Å². The second-order valence-electron chi connectivity index (χ2n) is 7.33. The zero-order chi connectivity index (χ0) is 18.1. The summed E-state index contributed by atoms with van der Waals surface area (Å²) in [4.78, 5) is 15.0. The molecule has 0 spiro atoms. The molecule has 130 valence electrons. The van der Waals surface area contributed by atoms with E-state index in [0.29, 0.717) is 17.9 Å². The SMILES string of the molecule is CC(C)(C)[Si](C)(C)COc1ccn(-c2ccc(C(=O)O)c(Cl)n2)n1. The van der Waals surface area contributed by atoms with Crippen LogP contribution in [0.1, 0.15) is 31.1 Å². The van der Waals surface area contributed by atoms with Crippen LogP contribution in [0.3, 0.4) is 0 Å². The van der Waals surface area contributed by atoms with Crippen LogP contribution in [0.5, 0.6) is 5.88 Å². The lowest BCUT2D eigenvalue weighted by atomic mass is 10.2. The second kappa shape index (κ2) is 6.56. The van der Waals surface area contributed by atoms with Gasteiger partial charge in [0.2, 0.25) is 5.88 Å². The van der Waals surface area contributed by atoms with Crippen molar-refractivity contribution < 1.29 is 14.6 Å². The number of hydrogen-bond donors (Lipinski definition) is 1. The molecule has 6 nitrogen and oxygen atoms in total. The first-order valence-corrected chi connectivity index (χ1v) is 11.2. The van der Waals surface area contributed by atoms with Crippen LogP contribution < -0.4 is 4.74 Å². The van der Waals surface area contributed by atoms with Crippen LogP contribution >= 0.6 is 11.6 Å². The molecule has 0 radical (unpaired) electrons. The minimum absolute atomic E-state index is 0.0398. The minimum atomic E-state index is -1.56. The van der Waals surface area contributed by atoms with E-state index in [1.807, 2.05) is 0 Å². The molecular formula is C16H22ClN3O3Si. The van der Waals surface area contributed by atoms with Crippen LogP contribution in [0.15, 0.2) is 24.4 Å². The molecule has 0 unspecified atom stereocenters. The average Bonchev–Trinajstić information content (AvgIpc) is 2.92. The molecule has 0 fully saturated rings. The third kappa shape index (κ3) is 3.96. The summed E-state index contributed by atoms with van der Waals surface area (Å²) in [5.41, 5.74) is -0.0398. The number of rotatable bonds is 5. The predicted molar refractivity (Wildman–Crippen MR) is 96.0 cm³/mol. The minimum Gasteiger partial charge on any atom is -0.480 e. The molecule has 0 aliphatic carbocycles. The summed E-state index contributed by atoms with van der Waals surface area (Å²) in [6.07, 6.45) is 2.37. The number of carbonyl (C=O) groups is 1. The molecule has 0 bridgehead atoms. The Bertz CT molecular complexity index is 753. The van der Waals surface area contributed by atoms with Crippen LogP contribution in [0.25, 0.3) is 5.82 Å². The van der Waals surface area contributed by atoms with Gasteiger partial charge in [-0.15, -0.1) is 5.10 Å². The fourth-order valence-electron chi connectivity index (χ4n) is 1.69. The number of aromatic nitrogens is 3. The van der Waals surface area contributed by atoms with Gasteiger partial charge in [0.25, 0.3) is 0 Å². The number of carboxylic acid groups (broad SMARTS) is 1. The molecule has 0 amide bonds. The van der Waals surface area contributed by atoms with Crippen molar-refractivity contribution in [1.29, 1.82) is 0 Å². The quantitative estimate of drug-likeness (QED) is 0.637. The van der Waals surface area contributed by atoms with E-state index < -0.39 is 14.0 Å². The van der Waals surface area contributed by atoms with Crippen molar-refractivity contribution in [3.05, 3.63) is 35.1 Å². The molecule has 8 heteroatoms. The molecule has 0 saturated carbocycles. The highest BCUT2D eigenvalue weighted by atomic mass is 35.5. The predicted octanol–water partition coefficient (Wildman–Crippen LogP) is 4.05. The second-order valence-corrected chi connectivity index (χ2v) is 13.2. The first-order valence-electron chi connectivity index (χ1n) is 7.60. The van der Waals surface area contributed by atoms with Gasteiger partial charge in [-0.2, -0.15) is 0 Å². The molecular weight excluding hydrogens is 346 g/mol. The lowest BCUT2D eigenvalue weighted by Gasteiger charge is -2.35.